The number of nitrogens with zero attached hydrogens (tertiary/aromatic N) is 2. The third-order valence-corrected chi connectivity index (χ3v) is 7.55. The van der Waals surface area contributed by atoms with Gasteiger partial charge in [-0.15, -0.1) is 0 Å². The van der Waals surface area contributed by atoms with E-state index in [1.165, 1.54) is 4.90 Å². The lowest BCUT2D eigenvalue weighted by molar-refractivity contribution is -0.140. The summed E-state index contributed by atoms with van der Waals surface area (Å²) in [6.07, 6.45) is 2.26. The highest BCUT2D eigenvalue weighted by atomic mass is 79.9. The van der Waals surface area contributed by atoms with E-state index in [1.807, 2.05) is 52.0 Å². The van der Waals surface area contributed by atoms with Gasteiger partial charge in [-0.2, -0.15) is 0 Å². The summed E-state index contributed by atoms with van der Waals surface area (Å²) in [5, 5.41) is 2.87. The predicted molar refractivity (Wildman–Crippen MR) is 140 cm³/mol. The van der Waals surface area contributed by atoms with Crippen molar-refractivity contribution in [2.75, 3.05) is 23.7 Å². The van der Waals surface area contributed by atoms with Gasteiger partial charge in [0.15, 0.2) is 0 Å². The molecule has 2 amide bonds. The maximum absolute atomic E-state index is 13.6. The largest absolute Gasteiger partial charge is 0.354 e. The normalized spacial score (nSPS) is 12.2. The van der Waals surface area contributed by atoms with Crippen LogP contribution in [0.3, 0.4) is 0 Å². The van der Waals surface area contributed by atoms with Crippen LogP contribution in [0.1, 0.15) is 43.4 Å². The summed E-state index contributed by atoms with van der Waals surface area (Å²) < 4.78 is 27.3. The zero-order chi connectivity index (χ0) is 25.5. The van der Waals surface area contributed by atoms with Crippen molar-refractivity contribution >= 4 is 43.5 Å². The SMILES string of the molecule is CCCNC(=O)C(CC)N(Cc1ccc(C)cc1)C(=O)CN(c1ccc(Br)c(C)c1)S(C)(=O)=O. The summed E-state index contributed by atoms with van der Waals surface area (Å²) in [7, 11) is -3.75. The third-order valence-electron chi connectivity index (χ3n) is 5.52. The summed E-state index contributed by atoms with van der Waals surface area (Å²) >= 11 is 3.42. The number of amides is 2. The Bertz CT molecular complexity index is 1100. The van der Waals surface area contributed by atoms with E-state index >= 15 is 0 Å². The van der Waals surface area contributed by atoms with Crippen molar-refractivity contribution < 1.29 is 18.0 Å². The van der Waals surface area contributed by atoms with Crippen molar-refractivity contribution in [3.63, 3.8) is 0 Å². The Morgan fingerprint density at radius 1 is 1.06 bits per heavy atom. The van der Waals surface area contributed by atoms with Crippen molar-refractivity contribution in [3.8, 4) is 0 Å². The lowest BCUT2D eigenvalue weighted by atomic mass is 10.1. The van der Waals surface area contributed by atoms with Gasteiger partial charge >= 0.3 is 0 Å². The van der Waals surface area contributed by atoms with Gasteiger partial charge in [0.05, 0.1) is 11.9 Å². The smallest absolute Gasteiger partial charge is 0.244 e. The summed E-state index contributed by atoms with van der Waals surface area (Å²) in [6, 6.07) is 12.1. The number of hydrogen-bond donors (Lipinski definition) is 1. The Morgan fingerprint density at radius 3 is 2.24 bits per heavy atom. The van der Waals surface area contributed by atoms with Crippen LogP contribution in [0.4, 0.5) is 5.69 Å². The lowest BCUT2D eigenvalue weighted by Gasteiger charge is -2.33. The van der Waals surface area contributed by atoms with Crippen LogP contribution in [-0.2, 0) is 26.2 Å². The molecular formula is C25H34BrN3O4S. The number of carbonyl (C=O) groups is 2. The van der Waals surface area contributed by atoms with E-state index in [0.29, 0.717) is 18.7 Å². The quantitative estimate of drug-likeness (QED) is 0.454. The Morgan fingerprint density at radius 2 is 1.71 bits per heavy atom. The first-order valence-corrected chi connectivity index (χ1v) is 14.0. The molecule has 0 radical (unpaired) electrons. The molecule has 0 aliphatic rings. The lowest BCUT2D eigenvalue weighted by Crippen LogP contribution is -2.52. The Labute approximate surface area is 211 Å². The number of anilines is 1. The van der Waals surface area contributed by atoms with Gasteiger partial charge in [0.1, 0.15) is 12.6 Å². The zero-order valence-electron chi connectivity index (χ0n) is 20.5. The fourth-order valence-corrected chi connectivity index (χ4v) is 4.66. The number of rotatable bonds is 11. The van der Waals surface area contributed by atoms with Crippen molar-refractivity contribution in [3.05, 3.63) is 63.6 Å². The first-order chi connectivity index (χ1) is 16.0. The van der Waals surface area contributed by atoms with Gasteiger partial charge in [-0.3, -0.25) is 13.9 Å². The topological polar surface area (TPSA) is 86.8 Å². The van der Waals surface area contributed by atoms with Crippen molar-refractivity contribution in [1.82, 2.24) is 10.2 Å². The van der Waals surface area contributed by atoms with Gasteiger partial charge < -0.3 is 10.2 Å². The molecular weight excluding hydrogens is 518 g/mol. The summed E-state index contributed by atoms with van der Waals surface area (Å²) in [4.78, 5) is 28.0. The van der Waals surface area contributed by atoms with E-state index in [2.05, 4.69) is 21.2 Å². The second-order valence-corrected chi connectivity index (χ2v) is 11.2. The molecule has 1 N–H and O–H groups in total. The van der Waals surface area contributed by atoms with Crippen molar-refractivity contribution in [2.45, 2.75) is 53.1 Å². The number of hydrogen-bond acceptors (Lipinski definition) is 4. The van der Waals surface area contributed by atoms with E-state index in [0.717, 1.165) is 38.1 Å². The van der Waals surface area contributed by atoms with Gasteiger partial charge in [-0.1, -0.05) is 59.6 Å². The molecule has 1 unspecified atom stereocenters. The van der Waals surface area contributed by atoms with E-state index in [4.69, 9.17) is 0 Å². The molecule has 0 saturated heterocycles. The highest BCUT2D eigenvalue weighted by Crippen LogP contribution is 2.25. The van der Waals surface area contributed by atoms with Crippen molar-refractivity contribution in [1.29, 1.82) is 0 Å². The molecule has 0 aromatic heterocycles. The van der Waals surface area contributed by atoms with Gasteiger partial charge in [-0.05, 0) is 56.0 Å². The minimum atomic E-state index is -3.75. The number of sulfonamides is 1. The zero-order valence-corrected chi connectivity index (χ0v) is 22.9. The van der Waals surface area contributed by atoms with E-state index < -0.39 is 28.5 Å². The second kappa shape index (κ2) is 12.4. The number of benzene rings is 2. The first kappa shape index (κ1) is 27.9. The molecule has 7 nitrogen and oxygen atoms in total. The molecule has 34 heavy (non-hydrogen) atoms. The summed E-state index contributed by atoms with van der Waals surface area (Å²) in [5.74, 6) is -0.680. The molecule has 0 fully saturated rings. The standard InChI is InChI=1S/C25H34BrN3O4S/c1-6-14-27-25(31)23(7-2)28(16-20-10-8-18(3)9-11-20)24(30)17-29(34(5,32)33)21-12-13-22(26)19(4)15-21/h8-13,15,23H,6-7,14,16-17H2,1-5H3,(H,27,31). The molecule has 0 aliphatic heterocycles. The van der Waals surface area contributed by atoms with Crippen LogP contribution < -0.4 is 9.62 Å². The number of carbonyl (C=O) groups excluding carboxylic acids is 2. The van der Waals surface area contributed by atoms with Crippen molar-refractivity contribution in [2.24, 2.45) is 0 Å². The molecule has 0 spiro atoms. The predicted octanol–water partition coefficient (Wildman–Crippen LogP) is 4.17. The fraction of sp³-hybridized carbons (Fsp3) is 0.440. The average molecular weight is 553 g/mol. The molecule has 0 heterocycles. The molecule has 1 atom stereocenters. The number of halogens is 1. The van der Waals surface area contributed by atoms with Crippen LogP contribution in [-0.4, -0.2) is 50.5 Å². The van der Waals surface area contributed by atoms with E-state index in [1.54, 1.807) is 18.2 Å². The highest BCUT2D eigenvalue weighted by Gasteiger charge is 2.31. The number of aryl methyl sites for hydroxylation is 2. The van der Waals surface area contributed by atoms with E-state index in [9.17, 15) is 18.0 Å². The van der Waals surface area contributed by atoms with Crippen LogP contribution in [0, 0.1) is 13.8 Å². The molecule has 0 bridgehead atoms. The summed E-state index contributed by atoms with van der Waals surface area (Å²) in [5.41, 5.74) is 3.20. The molecule has 186 valence electrons. The monoisotopic (exact) mass is 551 g/mol. The maximum Gasteiger partial charge on any atom is 0.244 e. The Kier molecular flexibility index (Phi) is 10.1. The average Bonchev–Trinajstić information content (AvgIpc) is 2.78. The third kappa shape index (κ3) is 7.56. The minimum absolute atomic E-state index is 0.203. The first-order valence-electron chi connectivity index (χ1n) is 11.3. The van der Waals surface area contributed by atoms with Gasteiger partial charge in [-0.25, -0.2) is 8.42 Å². The van der Waals surface area contributed by atoms with Crippen LogP contribution in [0.15, 0.2) is 46.9 Å². The van der Waals surface area contributed by atoms with Crippen LogP contribution >= 0.6 is 15.9 Å². The van der Waals surface area contributed by atoms with Crippen LogP contribution in [0.25, 0.3) is 0 Å². The molecule has 0 aliphatic carbocycles. The molecule has 2 aromatic rings. The summed E-state index contributed by atoms with van der Waals surface area (Å²) in [6.45, 7) is 7.94. The van der Waals surface area contributed by atoms with Gasteiger partial charge in [0, 0.05) is 17.6 Å². The minimum Gasteiger partial charge on any atom is -0.354 e. The molecule has 9 heteroatoms. The molecule has 2 rings (SSSR count). The highest BCUT2D eigenvalue weighted by molar-refractivity contribution is 9.10. The van der Waals surface area contributed by atoms with Crippen LogP contribution in [0.5, 0.6) is 0 Å². The fourth-order valence-electron chi connectivity index (χ4n) is 3.57. The number of nitrogens with one attached hydrogen (secondary N) is 1. The van der Waals surface area contributed by atoms with E-state index in [-0.39, 0.29) is 12.5 Å². The Balaban J connectivity index is 2.43. The Hall–Kier alpha value is -2.39. The van der Waals surface area contributed by atoms with Gasteiger partial charge in [0.2, 0.25) is 21.8 Å². The molecule has 0 saturated carbocycles. The molecule has 2 aromatic carbocycles. The van der Waals surface area contributed by atoms with Crippen LogP contribution in [0.2, 0.25) is 0 Å². The second-order valence-electron chi connectivity index (χ2n) is 8.43. The maximum atomic E-state index is 13.6. The van der Waals surface area contributed by atoms with Gasteiger partial charge in [0.25, 0.3) is 0 Å².